The number of hydrogen-bond donors (Lipinski definition) is 2. The van der Waals surface area contributed by atoms with Crippen molar-refractivity contribution in [3.8, 4) is 0 Å². The first-order chi connectivity index (χ1) is 10.7. The molecule has 1 heterocycles. The molecule has 114 valence electrons. The van der Waals surface area contributed by atoms with Crippen LogP contribution in [0, 0.1) is 0 Å². The zero-order chi connectivity index (χ0) is 15.5. The molecule has 2 N–H and O–H groups in total. The Morgan fingerprint density at radius 2 is 1.95 bits per heavy atom. The Hall–Kier alpha value is -2.13. The van der Waals surface area contributed by atoms with E-state index in [1.54, 1.807) is 0 Å². The van der Waals surface area contributed by atoms with Gasteiger partial charge in [-0.15, -0.1) is 0 Å². The summed E-state index contributed by atoms with van der Waals surface area (Å²) in [6, 6.07) is 14.1. The first-order valence-corrected chi connectivity index (χ1v) is 7.85. The number of aliphatic hydroxyl groups is 1. The second-order valence-electron chi connectivity index (χ2n) is 5.82. The van der Waals surface area contributed by atoms with Crippen molar-refractivity contribution >= 4 is 11.6 Å². The van der Waals surface area contributed by atoms with E-state index in [4.69, 9.17) is 0 Å². The zero-order valence-corrected chi connectivity index (χ0v) is 12.8. The topological polar surface area (TPSA) is 49.3 Å². The van der Waals surface area contributed by atoms with Gasteiger partial charge >= 0.3 is 0 Å². The Labute approximate surface area is 131 Å². The molecule has 0 bridgehead atoms. The van der Waals surface area contributed by atoms with Gasteiger partial charge in [-0.2, -0.15) is 0 Å². The van der Waals surface area contributed by atoms with Crippen LogP contribution in [-0.4, -0.2) is 11.0 Å². The van der Waals surface area contributed by atoms with Crippen molar-refractivity contribution in [1.29, 1.82) is 0 Å². The van der Waals surface area contributed by atoms with E-state index >= 15 is 0 Å². The van der Waals surface area contributed by atoms with Crippen LogP contribution in [0.2, 0.25) is 0 Å². The fourth-order valence-corrected chi connectivity index (χ4v) is 3.03. The standard InChI is InChI=1S/C19H21NO2/c1-2-14-11-16(12-15-8-9-18(22)20-19(14)15)17(21)10-13-6-4-3-5-7-13/h3-7,11-12,17,21H,2,8-10H2,1H3,(H,20,22). The normalized spacial score (nSPS) is 15.1. The fraction of sp³-hybridized carbons (Fsp3) is 0.316. The van der Waals surface area contributed by atoms with Gasteiger partial charge in [-0.1, -0.05) is 49.4 Å². The third-order valence-electron chi connectivity index (χ3n) is 4.25. The van der Waals surface area contributed by atoms with Gasteiger partial charge in [0.1, 0.15) is 0 Å². The van der Waals surface area contributed by atoms with Gasteiger partial charge in [-0.3, -0.25) is 4.79 Å². The highest BCUT2D eigenvalue weighted by atomic mass is 16.3. The number of nitrogens with one attached hydrogen (secondary N) is 1. The molecule has 1 aliphatic rings. The highest BCUT2D eigenvalue weighted by molar-refractivity contribution is 5.94. The van der Waals surface area contributed by atoms with Crippen LogP contribution in [-0.2, 0) is 24.1 Å². The molecule has 3 nitrogen and oxygen atoms in total. The van der Waals surface area contributed by atoms with Crippen molar-refractivity contribution in [1.82, 2.24) is 0 Å². The summed E-state index contributed by atoms with van der Waals surface area (Å²) in [5, 5.41) is 13.5. The Balaban J connectivity index is 1.89. The molecule has 0 saturated carbocycles. The van der Waals surface area contributed by atoms with Crippen LogP contribution < -0.4 is 5.32 Å². The van der Waals surface area contributed by atoms with Crippen LogP contribution in [0.4, 0.5) is 5.69 Å². The number of amides is 1. The van der Waals surface area contributed by atoms with Crippen molar-refractivity contribution < 1.29 is 9.90 Å². The van der Waals surface area contributed by atoms with Crippen LogP contribution in [0.15, 0.2) is 42.5 Å². The number of anilines is 1. The van der Waals surface area contributed by atoms with Gasteiger partial charge < -0.3 is 10.4 Å². The van der Waals surface area contributed by atoms with Crippen LogP contribution in [0.1, 0.15) is 41.7 Å². The molecule has 0 radical (unpaired) electrons. The van der Waals surface area contributed by atoms with Crippen LogP contribution in [0.25, 0.3) is 0 Å². The van der Waals surface area contributed by atoms with Gasteiger partial charge in [-0.25, -0.2) is 0 Å². The number of hydrogen-bond acceptors (Lipinski definition) is 2. The number of rotatable bonds is 4. The van der Waals surface area contributed by atoms with Crippen molar-refractivity contribution in [2.75, 3.05) is 5.32 Å². The van der Waals surface area contributed by atoms with Gasteiger partial charge in [0.25, 0.3) is 0 Å². The summed E-state index contributed by atoms with van der Waals surface area (Å²) in [5.41, 5.74) is 5.26. The van der Waals surface area contributed by atoms with Crippen LogP contribution in [0.3, 0.4) is 0 Å². The third kappa shape index (κ3) is 3.04. The number of carbonyl (C=O) groups is 1. The molecule has 0 aromatic heterocycles. The zero-order valence-electron chi connectivity index (χ0n) is 12.8. The number of aliphatic hydroxyl groups excluding tert-OH is 1. The fourth-order valence-electron chi connectivity index (χ4n) is 3.03. The molecular weight excluding hydrogens is 274 g/mol. The summed E-state index contributed by atoms with van der Waals surface area (Å²) >= 11 is 0. The Bertz CT molecular complexity index is 662. The lowest BCUT2D eigenvalue weighted by Gasteiger charge is -2.23. The van der Waals surface area contributed by atoms with Crippen molar-refractivity contribution in [2.45, 2.75) is 38.7 Å². The lowest BCUT2D eigenvalue weighted by molar-refractivity contribution is -0.116. The summed E-state index contributed by atoms with van der Waals surface area (Å²) in [5.74, 6) is 0.0831. The van der Waals surface area contributed by atoms with E-state index in [1.165, 1.54) is 0 Å². The summed E-state index contributed by atoms with van der Waals surface area (Å²) in [7, 11) is 0. The van der Waals surface area contributed by atoms with E-state index in [0.717, 1.165) is 40.8 Å². The highest BCUT2D eigenvalue weighted by Gasteiger charge is 2.20. The molecule has 1 amide bonds. The minimum absolute atomic E-state index is 0.0831. The monoisotopic (exact) mass is 295 g/mol. The van der Waals surface area contributed by atoms with E-state index in [1.807, 2.05) is 42.5 Å². The summed E-state index contributed by atoms with van der Waals surface area (Å²) < 4.78 is 0. The first kappa shape index (κ1) is 14.8. The van der Waals surface area contributed by atoms with Gasteiger partial charge in [0.05, 0.1) is 6.10 Å². The molecule has 1 aliphatic heterocycles. The molecule has 0 saturated heterocycles. The second-order valence-corrected chi connectivity index (χ2v) is 5.82. The minimum atomic E-state index is -0.518. The van der Waals surface area contributed by atoms with Crippen LogP contribution in [0.5, 0.6) is 0 Å². The number of benzene rings is 2. The molecule has 0 fully saturated rings. The van der Waals surface area contributed by atoms with E-state index in [9.17, 15) is 9.90 Å². The molecule has 3 rings (SSSR count). The smallest absolute Gasteiger partial charge is 0.224 e. The quantitative estimate of drug-likeness (QED) is 0.908. The summed E-state index contributed by atoms with van der Waals surface area (Å²) in [4.78, 5) is 11.6. The Morgan fingerprint density at radius 3 is 2.68 bits per heavy atom. The third-order valence-corrected chi connectivity index (χ3v) is 4.25. The van der Waals surface area contributed by atoms with E-state index in [-0.39, 0.29) is 5.91 Å². The summed E-state index contributed by atoms with van der Waals surface area (Å²) in [6.45, 7) is 2.07. The first-order valence-electron chi connectivity index (χ1n) is 7.85. The number of fused-ring (bicyclic) bond motifs is 1. The lowest BCUT2D eigenvalue weighted by Crippen LogP contribution is -2.21. The van der Waals surface area contributed by atoms with Crippen molar-refractivity contribution in [2.24, 2.45) is 0 Å². The van der Waals surface area contributed by atoms with Gasteiger partial charge in [0.15, 0.2) is 0 Å². The predicted molar refractivity (Wildman–Crippen MR) is 87.9 cm³/mol. The lowest BCUT2D eigenvalue weighted by atomic mass is 9.91. The molecule has 2 aromatic rings. The van der Waals surface area contributed by atoms with E-state index < -0.39 is 6.10 Å². The number of carbonyl (C=O) groups excluding carboxylic acids is 1. The van der Waals surface area contributed by atoms with Gasteiger partial charge in [0.2, 0.25) is 5.91 Å². The molecule has 22 heavy (non-hydrogen) atoms. The Kier molecular flexibility index (Phi) is 4.25. The van der Waals surface area contributed by atoms with Crippen LogP contribution >= 0.6 is 0 Å². The second kappa shape index (κ2) is 6.32. The molecule has 3 heteroatoms. The molecule has 0 aliphatic carbocycles. The van der Waals surface area contributed by atoms with E-state index in [2.05, 4.69) is 12.2 Å². The number of aryl methyl sites for hydroxylation is 2. The molecular formula is C19H21NO2. The molecule has 1 unspecified atom stereocenters. The SMILES string of the molecule is CCc1cc(C(O)Cc2ccccc2)cc2c1NC(=O)CC2. The average molecular weight is 295 g/mol. The molecule has 2 aromatic carbocycles. The largest absolute Gasteiger partial charge is 0.388 e. The maximum atomic E-state index is 11.6. The predicted octanol–water partition coefficient (Wildman–Crippen LogP) is 3.41. The molecule has 0 spiro atoms. The maximum Gasteiger partial charge on any atom is 0.224 e. The minimum Gasteiger partial charge on any atom is -0.388 e. The average Bonchev–Trinajstić information content (AvgIpc) is 2.54. The van der Waals surface area contributed by atoms with Crippen molar-refractivity contribution in [3.63, 3.8) is 0 Å². The summed E-state index contributed by atoms with van der Waals surface area (Å²) in [6.07, 6.45) is 2.20. The van der Waals surface area contributed by atoms with E-state index in [0.29, 0.717) is 12.8 Å². The van der Waals surface area contributed by atoms with Crippen molar-refractivity contribution in [3.05, 3.63) is 64.7 Å². The maximum absolute atomic E-state index is 11.6. The van der Waals surface area contributed by atoms with Gasteiger partial charge in [0, 0.05) is 18.5 Å². The van der Waals surface area contributed by atoms with Gasteiger partial charge in [-0.05, 0) is 35.1 Å². The Morgan fingerprint density at radius 1 is 1.18 bits per heavy atom. The highest BCUT2D eigenvalue weighted by Crippen LogP contribution is 2.31. The molecule has 1 atom stereocenters.